The lowest BCUT2D eigenvalue weighted by atomic mass is 10.2. The number of methoxy groups -OCH3 is 2. The second-order valence-corrected chi connectivity index (χ2v) is 5.47. The van der Waals surface area contributed by atoms with E-state index in [9.17, 15) is 4.79 Å². The lowest BCUT2D eigenvalue weighted by molar-refractivity contribution is -0.155. The Bertz CT molecular complexity index is 465. The molecule has 5 nitrogen and oxygen atoms in total. The van der Waals surface area contributed by atoms with Gasteiger partial charge in [-0.2, -0.15) is 0 Å². The Hall–Kier alpha value is -1.91. The van der Waals surface area contributed by atoms with Crippen LogP contribution < -0.4 is 14.8 Å². The Labute approximate surface area is 120 Å². The van der Waals surface area contributed by atoms with Crippen molar-refractivity contribution < 1.29 is 19.0 Å². The fourth-order valence-corrected chi connectivity index (χ4v) is 1.63. The van der Waals surface area contributed by atoms with E-state index in [1.807, 2.05) is 26.8 Å². The fourth-order valence-electron chi connectivity index (χ4n) is 1.63. The zero-order valence-electron chi connectivity index (χ0n) is 12.9. The third-order valence-electron chi connectivity index (χ3n) is 2.53. The Kier molecular flexibility index (Phi) is 5.25. The van der Waals surface area contributed by atoms with E-state index in [4.69, 9.17) is 14.2 Å². The first-order chi connectivity index (χ1) is 9.26. The van der Waals surface area contributed by atoms with Gasteiger partial charge < -0.3 is 19.5 Å². The highest BCUT2D eigenvalue weighted by atomic mass is 16.6. The summed E-state index contributed by atoms with van der Waals surface area (Å²) in [7, 11) is 3.15. The Balaban J connectivity index is 2.75. The molecule has 0 aromatic heterocycles. The van der Waals surface area contributed by atoms with Crippen LogP contribution in [-0.2, 0) is 9.53 Å². The van der Waals surface area contributed by atoms with Crippen molar-refractivity contribution >= 4 is 11.7 Å². The van der Waals surface area contributed by atoms with Crippen LogP contribution in [0.2, 0.25) is 0 Å². The van der Waals surface area contributed by atoms with Gasteiger partial charge in [0, 0.05) is 11.8 Å². The summed E-state index contributed by atoms with van der Waals surface area (Å²) in [5.41, 5.74) is 0.269. The average molecular weight is 281 g/mol. The summed E-state index contributed by atoms with van der Waals surface area (Å²) in [6.07, 6.45) is 0. The van der Waals surface area contributed by atoms with E-state index in [1.54, 1.807) is 33.3 Å². The summed E-state index contributed by atoms with van der Waals surface area (Å²) in [4.78, 5) is 11.9. The quantitative estimate of drug-likeness (QED) is 0.841. The van der Waals surface area contributed by atoms with Gasteiger partial charge in [-0.25, -0.2) is 4.79 Å². The van der Waals surface area contributed by atoms with Crippen molar-refractivity contribution in [3.63, 3.8) is 0 Å². The van der Waals surface area contributed by atoms with Crippen molar-refractivity contribution in [1.82, 2.24) is 0 Å². The molecule has 0 aliphatic rings. The minimum atomic E-state index is -0.495. The molecule has 0 saturated heterocycles. The van der Waals surface area contributed by atoms with Crippen molar-refractivity contribution in [2.45, 2.75) is 39.3 Å². The molecule has 0 fully saturated rings. The van der Waals surface area contributed by atoms with E-state index in [0.29, 0.717) is 11.5 Å². The summed E-state index contributed by atoms with van der Waals surface area (Å²) < 4.78 is 15.7. The number of carbonyl (C=O) groups excluding carboxylic acids is 1. The second-order valence-electron chi connectivity index (χ2n) is 5.47. The van der Waals surface area contributed by atoms with Gasteiger partial charge in [0.2, 0.25) is 0 Å². The molecule has 0 heterocycles. The van der Waals surface area contributed by atoms with Gasteiger partial charge in [0.25, 0.3) is 0 Å². The monoisotopic (exact) mass is 281 g/mol. The van der Waals surface area contributed by atoms with Gasteiger partial charge in [-0.3, -0.25) is 0 Å². The first kappa shape index (κ1) is 16.1. The van der Waals surface area contributed by atoms with Crippen LogP contribution in [0.3, 0.4) is 0 Å². The second kappa shape index (κ2) is 6.50. The number of hydrogen-bond donors (Lipinski definition) is 1. The van der Waals surface area contributed by atoms with Crippen LogP contribution in [0.15, 0.2) is 18.2 Å². The van der Waals surface area contributed by atoms with Crippen molar-refractivity contribution in [1.29, 1.82) is 0 Å². The third-order valence-corrected chi connectivity index (χ3v) is 2.53. The molecule has 0 radical (unpaired) electrons. The zero-order valence-corrected chi connectivity index (χ0v) is 12.9. The minimum Gasteiger partial charge on any atom is -0.493 e. The molecule has 0 aliphatic carbocycles. The van der Waals surface area contributed by atoms with Crippen LogP contribution in [0.4, 0.5) is 5.69 Å². The van der Waals surface area contributed by atoms with Crippen LogP contribution in [0.5, 0.6) is 11.5 Å². The van der Waals surface area contributed by atoms with Crippen molar-refractivity contribution in [2.75, 3.05) is 19.5 Å². The number of esters is 1. The molecule has 112 valence electrons. The van der Waals surface area contributed by atoms with Gasteiger partial charge in [0.1, 0.15) is 11.6 Å². The fraction of sp³-hybridized carbons (Fsp3) is 0.533. The van der Waals surface area contributed by atoms with E-state index in [2.05, 4.69) is 5.32 Å². The predicted octanol–water partition coefficient (Wildman–Crippen LogP) is 2.85. The van der Waals surface area contributed by atoms with E-state index >= 15 is 0 Å². The van der Waals surface area contributed by atoms with Crippen LogP contribution in [0, 0.1) is 0 Å². The Morgan fingerprint density at radius 2 is 1.75 bits per heavy atom. The van der Waals surface area contributed by atoms with Gasteiger partial charge in [0.05, 0.1) is 14.2 Å². The topological polar surface area (TPSA) is 56.8 Å². The normalized spacial score (nSPS) is 12.5. The smallest absolute Gasteiger partial charge is 0.328 e. The average Bonchev–Trinajstić information content (AvgIpc) is 2.36. The zero-order chi connectivity index (χ0) is 15.3. The summed E-state index contributed by atoms with van der Waals surface area (Å²) in [5, 5.41) is 3.08. The largest absolute Gasteiger partial charge is 0.493 e. The Morgan fingerprint density at radius 1 is 1.15 bits per heavy atom. The predicted molar refractivity (Wildman–Crippen MR) is 78.5 cm³/mol. The number of hydrogen-bond acceptors (Lipinski definition) is 5. The van der Waals surface area contributed by atoms with Crippen LogP contribution in [0.1, 0.15) is 27.7 Å². The molecule has 0 spiro atoms. The number of rotatable bonds is 5. The maximum atomic E-state index is 11.9. The van der Waals surface area contributed by atoms with E-state index in [-0.39, 0.29) is 5.97 Å². The number of carbonyl (C=O) groups is 1. The molecule has 1 rings (SSSR count). The molecule has 20 heavy (non-hydrogen) atoms. The lowest BCUT2D eigenvalue weighted by Gasteiger charge is -2.23. The number of ether oxygens (including phenoxy) is 3. The first-order valence-electron chi connectivity index (χ1n) is 6.48. The van der Waals surface area contributed by atoms with Crippen LogP contribution in [-0.4, -0.2) is 31.8 Å². The van der Waals surface area contributed by atoms with Crippen molar-refractivity contribution in [3.05, 3.63) is 18.2 Å². The highest BCUT2D eigenvalue weighted by Gasteiger charge is 2.21. The maximum Gasteiger partial charge on any atom is 0.328 e. The van der Waals surface area contributed by atoms with E-state index in [0.717, 1.165) is 5.69 Å². The van der Waals surface area contributed by atoms with Crippen molar-refractivity contribution in [2.24, 2.45) is 0 Å². The molecule has 5 heteroatoms. The molecule has 0 amide bonds. The molecule has 0 bridgehead atoms. The molecule has 1 aromatic rings. The van der Waals surface area contributed by atoms with Crippen LogP contribution >= 0.6 is 0 Å². The van der Waals surface area contributed by atoms with Gasteiger partial charge >= 0.3 is 5.97 Å². The summed E-state index contributed by atoms with van der Waals surface area (Å²) in [6, 6.07) is 4.93. The molecular weight excluding hydrogens is 258 g/mol. The van der Waals surface area contributed by atoms with Crippen LogP contribution in [0.25, 0.3) is 0 Å². The number of nitrogens with one attached hydrogen (secondary N) is 1. The van der Waals surface area contributed by atoms with Gasteiger partial charge in [-0.15, -0.1) is 0 Å². The lowest BCUT2D eigenvalue weighted by Crippen LogP contribution is -2.34. The summed E-state index contributed by atoms with van der Waals surface area (Å²) >= 11 is 0. The molecular formula is C15H23NO4. The van der Waals surface area contributed by atoms with Gasteiger partial charge in [-0.1, -0.05) is 0 Å². The van der Waals surface area contributed by atoms with Gasteiger partial charge in [0.15, 0.2) is 11.5 Å². The van der Waals surface area contributed by atoms with E-state index < -0.39 is 11.6 Å². The molecule has 1 aromatic carbocycles. The highest BCUT2D eigenvalue weighted by molar-refractivity contribution is 5.79. The third kappa shape index (κ3) is 4.64. The summed E-state index contributed by atoms with van der Waals surface area (Å²) in [6.45, 7) is 7.28. The maximum absolute atomic E-state index is 11.9. The highest BCUT2D eigenvalue weighted by Crippen LogP contribution is 2.30. The number of anilines is 1. The molecule has 1 N–H and O–H groups in total. The SMILES string of the molecule is COc1ccc(NC(C)C(=O)OC(C)(C)C)cc1OC. The van der Waals surface area contributed by atoms with Crippen molar-refractivity contribution in [3.8, 4) is 11.5 Å². The van der Waals surface area contributed by atoms with Gasteiger partial charge in [-0.05, 0) is 39.8 Å². The minimum absolute atomic E-state index is 0.299. The molecule has 0 aliphatic heterocycles. The molecule has 1 atom stereocenters. The standard InChI is InChI=1S/C15H23NO4/c1-10(14(17)20-15(2,3)4)16-11-7-8-12(18-5)13(9-11)19-6/h7-10,16H,1-6H3. The Morgan fingerprint density at radius 3 is 2.25 bits per heavy atom. The number of benzene rings is 1. The summed E-state index contributed by atoms with van der Waals surface area (Å²) in [5.74, 6) is 0.948. The first-order valence-corrected chi connectivity index (χ1v) is 6.48. The van der Waals surface area contributed by atoms with E-state index in [1.165, 1.54) is 0 Å². The molecule has 1 unspecified atom stereocenters. The molecule has 0 saturated carbocycles.